The van der Waals surface area contributed by atoms with Gasteiger partial charge in [-0.2, -0.15) is 4.90 Å². The summed E-state index contributed by atoms with van der Waals surface area (Å²) in [5.74, 6) is -1.20. The average Bonchev–Trinajstić information content (AvgIpc) is 2.73. The highest BCUT2D eigenvalue weighted by Gasteiger charge is 2.44. The maximum absolute atomic E-state index is 13.2. The van der Waals surface area contributed by atoms with E-state index in [0.29, 0.717) is 4.90 Å². The second-order valence-electron chi connectivity index (χ2n) is 10.1. The number of aliphatic hydroxyl groups excluding tert-OH is 1. The van der Waals surface area contributed by atoms with Crippen LogP contribution in [0.4, 0.5) is 14.0 Å². The number of nitrogens with zero attached hydrogens (tertiary/aromatic N) is 1. The lowest BCUT2D eigenvalue weighted by Gasteiger charge is -2.32. The van der Waals surface area contributed by atoms with Crippen LogP contribution < -0.4 is 4.74 Å². The van der Waals surface area contributed by atoms with Gasteiger partial charge in [-0.05, 0) is 72.7 Å². The topological polar surface area (TPSA) is 121 Å². The van der Waals surface area contributed by atoms with E-state index in [-0.39, 0.29) is 12.4 Å². The molecule has 1 aliphatic heterocycles. The van der Waals surface area contributed by atoms with Gasteiger partial charge in [0.2, 0.25) is 0 Å². The molecule has 2 amide bonds. The number of carbonyl (C=O) groups excluding carboxylic acids is 3. The molecule has 0 bridgehead atoms. The van der Waals surface area contributed by atoms with E-state index in [1.165, 1.54) is 31.2 Å². The van der Waals surface area contributed by atoms with Crippen LogP contribution in [-0.4, -0.2) is 76.9 Å². The molecule has 1 aliphatic rings. The summed E-state index contributed by atoms with van der Waals surface area (Å²) < 4.78 is 40.5. The molecule has 11 heteroatoms. The zero-order valence-electron chi connectivity index (χ0n) is 21.1. The Hall–Kier alpha value is -2.92. The number of ether oxygens (including phenoxy) is 5. The van der Waals surface area contributed by atoms with Gasteiger partial charge in [-0.15, -0.1) is 0 Å². The zero-order valence-corrected chi connectivity index (χ0v) is 21.1. The Balaban J connectivity index is 2.30. The molecule has 4 atom stereocenters. The van der Waals surface area contributed by atoms with Gasteiger partial charge in [0.25, 0.3) is 0 Å². The summed E-state index contributed by atoms with van der Waals surface area (Å²) in [5, 5.41) is 10.7. The molecule has 0 unspecified atom stereocenters. The molecule has 196 valence electrons. The Morgan fingerprint density at radius 3 is 2.00 bits per heavy atom. The third kappa shape index (κ3) is 8.66. The van der Waals surface area contributed by atoms with Crippen LogP contribution in [0.2, 0.25) is 0 Å². The smallest absolute Gasteiger partial charge is 0.420 e. The summed E-state index contributed by atoms with van der Waals surface area (Å²) in [6.45, 7) is 10.3. The van der Waals surface area contributed by atoms with Crippen molar-refractivity contribution in [1.29, 1.82) is 0 Å². The Morgan fingerprint density at radius 2 is 1.51 bits per heavy atom. The maximum Gasteiger partial charge on any atom is 0.420 e. The summed E-state index contributed by atoms with van der Waals surface area (Å²) in [6.07, 6.45) is -5.68. The molecule has 1 saturated heterocycles. The number of imide groups is 1. The Bertz CT molecular complexity index is 864. The highest BCUT2D eigenvalue weighted by Crippen LogP contribution is 2.22. The molecule has 0 aliphatic carbocycles. The SMILES string of the molecule is C[C@@H]1OC(=O)[C@@H](N(C(=O)OC(C)(C)C)C(=O)OC(C)(C)C)COC[C@H](Oc2ccc(F)cc2)[C@H]1O. The number of halogens is 1. The quantitative estimate of drug-likeness (QED) is 0.492. The number of rotatable bonds is 3. The third-order valence-electron chi connectivity index (χ3n) is 4.59. The highest BCUT2D eigenvalue weighted by molar-refractivity contribution is 5.94. The van der Waals surface area contributed by atoms with Crippen LogP contribution in [0.15, 0.2) is 24.3 Å². The Kier molecular flexibility index (Phi) is 9.07. The number of esters is 1. The zero-order chi connectivity index (χ0) is 26.6. The molecule has 0 aromatic heterocycles. The van der Waals surface area contributed by atoms with Crippen LogP contribution in [0.1, 0.15) is 48.5 Å². The summed E-state index contributed by atoms with van der Waals surface area (Å²) in [6, 6.07) is 3.58. The normalized spacial score (nSPS) is 23.7. The van der Waals surface area contributed by atoms with Crippen LogP contribution in [0.5, 0.6) is 5.75 Å². The van der Waals surface area contributed by atoms with Crippen molar-refractivity contribution in [2.45, 2.75) is 84.0 Å². The lowest BCUT2D eigenvalue weighted by molar-refractivity contribution is -0.161. The lowest BCUT2D eigenvalue weighted by atomic mass is 10.1. The predicted molar refractivity (Wildman–Crippen MR) is 121 cm³/mol. The van der Waals surface area contributed by atoms with Gasteiger partial charge in [-0.25, -0.2) is 18.8 Å². The molecular weight excluding hydrogens is 465 g/mol. The van der Waals surface area contributed by atoms with Crippen molar-refractivity contribution in [1.82, 2.24) is 4.90 Å². The van der Waals surface area contributed by atoms with Crippen molar-refractivity contribution in [3.63, 3.8) is 0 Å². The first-order valence-corrected chi connectivity index (χ1v) is 11.2. The molecule has 0 saturated carbocycles. The average molecular weight is 500 g/mol. The first-order valence-electron chi connectivity index (χ1n) is 11.2. The van der Waals surface area contributed by atoms with E-state index >= 15 is 0 Å². The maximum atomic E-state index is 13.2. The van der Waals surface area contributed by atoms with Crippen molar-refractivity contribution >= 4 is 18.2 Å². The summed E-state index contributed by atoms with van der Waals surface area (Å²) in [7, 11) is 0. The number of benzene rings is 1. The fourth-order valence-electron chi connectivity index (χ4n) is 3.02. The summed E-state index contributed by atoms with van der Waals surface area (Å²) in [5.41, 5.74) is -1.95. The van der Waals surface area contributed by atoms with Crippen molar-refractivity contribution in [2.75, 3.05) is 13.2 Å². The summed E-state index contributed by atoms with van der Waals surface area (Å²) >= 11 is 0. The van der Waals surface area contributed by atoms with Gasteiger partial charge in [0.15, 0.2) is 12.1 Å². The first-order chi connectivity index (χ1) is 16.1. The minimum absolute atomic E-state index is 0.230. The lowest BCUT2D eigenvalue weighted by Crippen LogP contribution is -2.54. The van der Waals surface area contributed by atoms with Gasteiger partial charge in [0, 0.05) is 0 Å². The van der Waals surface area contributed by atoms with Crippen molar-refractivity contribution < 1.29 is 47.6 Å². The van der Waals surface area contributed by atoms with E-state index < -0.39 is 66.1 Å². The van der Waals surface area contributed by atoms with E-state index in [0.717, 1.165) is 0 Å². The van der Waals surface area contributed by atoms with Gasteiger partial charge < -0.3 is 28.8 Å². The van der Waals surface area contributed by atoms with E-state index in [1.807, 2.05) is 0 Å². The second kappa shape index (κ2) is 11.2. The number of aliphatic hydroxyl groups is 1. The molecule has 1 aromatic rings. The van der Waals surface area contributed by atoms with Gasteiger partial charge in [-0.1, -0.05) is 0 Å². The van der Waals surface area contributed by atoms with E-state index in [2.05, 4.69) is 0 Å². The fourth-order valence-corrected chi connectivity index (χ4v) is 3.02. The van der Waals surface area contributed by atoms with Gasteiger partial charge in [-0.3, -0.25) is 0 Å². The Labute approximate surface area is 204 Å². The monoisotopic (exact) mass is 499 g/mol. The van der Waals surface area contributed by atoms with E-state index in [1.54, 1.807) is 41.5 Å². The molecule has 10 nitrogen and oxygen atoms in total. The van der Waals surface area contributed by atoms with Gasteiger partial charge in [0.1, 0.15) is 35.0 Å². The first kappa shape index (κ1) is 28.3. The molecule has 0 spiro atoms. The van der Waals surface area contributed by atoms with Crippen molar-refractivity contribution in [3.05, 3.63) is 30.1 Å². The number of hydrogen-bond donors (Lipinski definition) is 1. The largest absolute Gasteiger partial charge is 0.485 e. The molecule has 2 rings (SSSR count). The molecule has 1 heterocycles. The standard InChI is InChI=1S/C24H34FNO9/c1-14-19(27)18(33-16-10-8-15(25)9-11-16)13-31-12-17(20(28)32-14)26(21(29)34-23(2,3)4)22(30)35-24(5,6)7/h8-11,14,17-19,27H,12-13H2,1-7H3/t14-,17-,18-,19-/m0/s1. The van der Waals surface area contributed by atoms with Crippen LogP contribution >= 0.6 is 0 Å². The molecule has 1 aromatic carbocycles. The highest BCUT2D eigenvalue weighted by atomic mass is 19.1. The minimum atomic E-state index is -1.56. The molecule has 0 radical (unpaired) electrons. The van der Waals surface area contributed by atoms with Gasteiger partial charge in [0.05, 0.1) is 13.2 Å². The van der Waals surface area contributed by atoms with Crippen LogP contribution in [0.3, 0.4) is 0 Å². The minimum Gasteiger partial charge on any atom is -0.485 e. The van der Waals surface area contributed by atoms with Gasteiger partial charge >= 0.3 is 18.2 Å². The van der Waals surface area contributed by atoms with Crippen LogP contribution in [0.25, 0.3) is 0 Å². The molecule has 1 fully saturated rings. The van der Waals surface area contributed by atoms with Crippen molar-refractivity contribution in [3.8, 4) is 5.75 Å². The van der Waals surface area contributed by atoms with E-state index in [9.17, 15) is 23.9 Å². The van der Waals surface area contributed by atoms with Crippen LogP contribution in [-0.2, 0) is 23.7 Å². The third-order valence-corrected chi connectivity index (χ3v) is 4.59. The van der Waals surface area contributed by atoms with E-state index in [4.69, 9.17) is 23.7 Å². The Morgan fingerprint density at radius 1 is 1.00 bits per heavy atom. The van der Waals surface area contributed by atoms with Crippen LogP contribution in [0, 0.1) is 5.82 Å². The number of cyclic esters (lactones) is 1. The molecule has 35 heavy (non-hydrogen) atoms. The second-order valence-corrected chi connectivity index (χ2v) is 10.1. The summed E-state index contributed by atoms with van der Waals surface area (Å²) in [4.78, 5) is 39.4. The number of amides is 2. The fraction of sp³-hybridized carbons (Fsp3) is 0.625. The molecule has 1 N–H and O–H groups in total. The predicted octanol–water partition coefficient (Wildman–Crippen LogP) is 3.44. The molecular formula is C24H34FNO9. The number of carbonyl (C=O) groups is 3. The van der Waals surface area contributed by atoms with Crippen molar-refractivity contribution in [2.24, 2.45) is 0 Å². The number of hydrogen-bond acceptors (Lipinski definition) is 9.